The zero-order valence-corrected chi connectivity index (χ0v) is 25.7. The normalized spacial score (nSPS) is 26.3. The van der Waals surface area contributed by atoms with Crippen molar-refractivity contribution in [2.75, 3.05) is 14.2 Å². The fourth-order valence-electron chi connectivity index (χ4n) is 5.41. The van der Waals surface area contributed by atoms with E-state index in [-0.39, 0.29) is 0 Å². The van der Waals surface area contributed by atoms with Crippen molar-refractivity contribution in [3.8, 4) is 0 Å². The van der Waals surface area contributed by atoms with E-state index in [1.165, 1.54) is 89.0 Å². The minimum atomic E-state index is 0.473. The van der Waals surface area contributed by atoms with Crippen LogP contribution in [0.3, 0.4) is 0 Å². The van der Waals surface area contributed by atoms with E-state index in [2.05, 4.69) is 39.8 Å². The highest BCUT2D eigenvalue weighted by molar-refractivity contribution is 5.11. The lowest BCUT2D eigenvalue weighted by Crippen LogP contribution is -2.18. The Hall–Kier alpha value is -1.64. The van der Waals surface area contributed by atoms with Crippen LogP contribution >= 0.6 is 0 Å². The summed E-state index contributed by atoms with van der Waals surface area (Å²) in [5, 5.41) is 0. The molecule has 4 rings (SSSR count). The summed E-state index contributed by atoms with van der Waals surface area (Å²) in [5.74, 6) is 2.73. The topological polar surface area (TPSA) is 18.5 Å². The number of methoxy groups -OCH3 is 2. The maximum absolute atomic E-state index is 5.48. The van der Waals surface area contributed by atoms with Crippen LogP contribution in [0.25, 0.3) is 0 Å². The standard InChI is InChI=1S/C12H24O2.C11H22.C7H8.C6H6/c1-10-8-11(13-2)6-4-5-7-12(9-10)14-3;1-10-6-3-4-7-11(2)9-5-8-10;1-7-5-3-2-4-6-7;1-2-4-6-5-3-1/h10-12H,4-9H2,1-3H3;10-11H,3-9H2,1-2H3;2-6H,1H3;1-6H. The molecule has 0 spiro atoms. The fourth-order valence-corrected chi connectivity index (χ4v) is 5.41. The molecule has 4 unspecified atom stereocenters. The third-order valence-corrected chi connectivity index (χ3v) is 7.94. The highest BCUT2D eigenvalue weighted by atomic mass is 16.5. The molecule has 2 heteroatoms. The monoisotopic (exact) mass is 524 g/mol. The van der Waals surface area contributed by atoms with Crippen molar-refractivity contribution in [1.29, 1.82) is 0 Å². The van der Waals surface area contributed by atoms with Crippen LogP contribution in [-0.2, 0) is 9.47 Å². The maximum Gasteiger partial charge on any atom is 0.0574 e. The minimum Gasteiger partial charge on any atom is -0.381 e. The van der Waals surface area contributed by atoms with Gasteiger partial charge in [0, 0.05) is 14.2 Å². The lowest BCUT2D eigenvalue weighted by Gasteiger charge is -2.20. The van der Waals surface area contributed by atoms with Crippen molar-refractivity contribution in [2.24, 2.45) is 17.8 Å². The van der Waals surface area contributed by atoms with Gasteiger partial charge in [-0.1, -0.05) is 151 Å². The largest absolute Gasteiger partial charge is 0.381 e. The molecule has 2 aromatic rings. The molecule has 0 amide bonds. The molecule has 2 fully saturated rings. The lowest BCUT2D eigenvalue weighted by atomic mass is 9.96. The maximum atomic E-state index is 5.48. The fraction of sp³-hybridized carbons (Fsp3) is 0.667. The Kier molecular flexibility index (Phi) is 21.1. The Balaban J connectivity index is 0.000000267. The predicted molar refractivity (Wildman–Crippen MR) is 167 cm³/mol. The molecule has 0 N–H and O–H groups in total. The van der Waals surface area contributed by atoms with Crippen LogP contribution in [0.1, 0.15) is 110 Å². The van der Waals surface area contributed by atoms with Gasteiger partial charge in [-0.05, 0) is 50.4 Å². The van der Waals surface area contributed by atoms with Crippen molar-refractivity contribution in [3.63, 3.8) is 0 Å². The van der Waals surface area contributed by atoms with Crippen molar-refractivity contribution < 1.29 is 9.47 Å². The van der Waals surface area contributed by atoms with Gasteiger partial charge in [0.1, 0.15) is 0 Å². The molecular formula is C36H60O2. The zero-order valence-electron chi connectivity index (χ0n) is 25.7. The summed E-state index contributed by atoms with van der Waals surface area (Å²) in [6, 6.07) is 22.3. The second kappa shape index (κ2) is 23.3. The molecule has 0 aliphatic heterocycles. The molecule has 2 aliphatic carbocycles. The number of benzene rings is 2. The summed E-state index contributed by atoms with van der Waals surface area (Å²) < 4.78 is 11.0. The molecule has 0 heterocycles. The van der Waals surface area contributed by atoms with Crippen molar-refractivity contribution in [2.45, 2.75) is 123 Å². The molecule has 2 aromatic carbocycles. The van der Waals surface area contributed by atoms with E-state index in [9.17, 15) is 0 Å². The Bertz CT molecular complexity index is 677. The quantitative estimate of drug-likeness (QED) is 0.389. The van der Waals surface area contributed by atoms with E-state index in [1.54, 1.807) is 0 Å². The summed E-state index contributed by atoms with van der Waals surface area (Å²) in [5.41, 5.74) is 1.32. The van der Waals surface area contributed by atoms with Gasteiger partial charge < -0.3 is 9.47 Å². The zero-order chi connectivity index (χ0) is 27.8. The van der Waals surface area contributed by atoms with Gasteiger partial charge in [-0.25, -0.2) is 0 Å². The highest BCUT2D eigenvalue weighted by Crippen LogP contribution is 2.25. The van der Waals surface area contributed by atoms with Gasteiger partial charge in [-0.3, -0.25) is 0 Å². The molecule has 4 atom stereocenters. The molecule has 216 valence electrons. The summed E-state index contributed by atoms with van der Waals surface area (Å²) >= 11 is 0. The SMILES string of the molecule is CC1CCCCC(C)CCC1.COC1CCCCC(OC)CC(C)C1.Cc1ccccc1.c1ccccc1. The molecule has 2 saturated carbocycles. The van der Waals surface area contributed by atoms with E-state index < -0.39 is 0 Å². The van der Waals surface area contributed by atoms with Crippen LogP contribution in [0.4, 0.5) is 0 Å². The molecule has 2 nitrogen and oxygen atoms in total. The first-order valence-electron chi connectivity index (χ1n) is 15.5. The van der Waals surface area contributed by atoms with Crippen LogP contribution in [0.2, 0.25) is 0 Å². The van der Waals surface area contributed by atoms with Crippen LogP contribution in [-0.4, -0.2) is 26.4 Å². The number of hydrogen-bond acceptors (Lipinski definition) is 2. The van der Waals surface area contributed by atoms with Crippen LogP contribution in [0, 0.1) is 24.7 Å². The van der Waals surface area contributed by atoms with Crippen LogP contribution < -0.4 is 0 Å². The second-order valence-corrected chi connectivity index (χ2v) is 11.8. The van der Waals surface area contributed by atoms with Crippen molar-refractivity contribution in [3.05, 3.63) is 72.3 Å². The lowest BCUT2D eigenvalue weighted by molar-refractivity contribution is 0.0556. The Morgan fingerprint density at radius 1 is 0.474 bits per heavy atom. The average Bonchev–Trinajstić information content (AvgIpc) is 3.09. The molecular weight excluding hydrogens is 464 g/mol. The number of ether oxygens (including phenoxy) is 2. The van der Waals surface area contributed by atoms with Crippen LogP contribution in [0.5, 0.6) is 0 Å². The summed E-state index contributed by atoms with van der Waals surface area (Å²) in [4.78, 5) is 0. The van der Waals surface area contributed by atoms with E-state index in [0.717, 1.165) is 17.8 Å². The molecule has 2 aliphatic rings. The van der Waals surface area contributed by atoms with E-state index in [1.807, 2.05) is 68.8 Å². The second-order valence-electron chi connectivity index (χ2n) is 11.8. The van der Waals surface area contributed by atoms with Gasteiger partial charge in [0.05, 0.1) is 12.2 Å². The Morgan fingerprint density at radius 2 is 0.816 bits per heavy atom. The number of aryl methyl sites for hydroxylation is 1. The van der Waals surface area contributed by atoms with E-state index >= 15 is 0 Å². The Labute approximate surface area is 236 Å². The molecule has 0 saturated heterocycles. The van der Waals surface area contributed by atoms with Gasteiger partial charge in [0.15, 0.2) is 0 Å². The summed E-state index contributed by atoms with van der Waals surface area (Å²) in [6.07, 6.45) is 18.7. The first-order chi connectivity index (χ1) is 18.4. The van der Waals surface area contributed by atoms with Gasteiger partial charge in [0.25, 0.3) is 0 Å². The van der Waals surface area contributed by atoms with Gasteiger partial charge in [-0.15, -0.1) is 0 Å². The first-order valence-corrected chi connectivity index (χ1v) is 15.5. The summed E-state index contributed by atoms with van der Waals surface area (Å²) in [6.45, 7) is 9.22. The van der Waals surface area contributed by atoms with Gasteiger partial charge in [0.2, 0.25) is 0 Å². The number of rotatable bonds is 2. The number of hydrogen-bond donors (Lipinski definition) is 0. The molecule has 38 heavy (non-hydrogen) atoms. The van der Waals surface area contributed by atoms with E-state index in [0.29, 0.717) is 12.2 Å². The molecule has 0 radical (unpaired) electrons. The highest BCUT2D eigenvalue weighted by Gasteiger charge is 2.19. The van der Waals surface area contributed by atoms with E-state index in [4.69, 9.17) is 9.47 Å². The van der Waals surface area contributed by atoms with Crippen molar-refractivity contribution >= 4 is 0 Å². The third-order valence-electron chi connectivity index (χ3n) is 7.94. The average molecular weight is 525 g/mol. The first kappa shape index (κ1) is 34.4. The van der Waals surface area contributed by atoms with Crippen molar-refractivity contribution in [1.82, 2.24) is 0 Å². The van der Waals surface area contributed by atoms with Gasteiger partial charge >= 0.3 is 0 Å². The minimum absolute atomic E-state index is 0.473. The third kappa shape index (κ3) is 19.4. The summed E-state index contributed by atoms with van der Waals surface area (Å²) in [7, 11) is 3.67. The molecule has 0 bridgehead atoms. The van der Waals surface area contributed by atoms with Crippen LogP contribution in [0.15, 0.2) is 66.7 Å². The molecule has 0 aromatic heterocycles. The van der Waals surface area contributed by atoms with Gasteiger partial charge in [-0.2, -0.15) is 0 Å². The predicted octanol–water partition coefficient (Wildman–Crippen LogP) is 10.7. The smallest absolute Gasteiger partial charge is 0.0574 e. The Morgan fingerprint density at radius 3 is 1.16 bits per heavy atom.